The molecule has 2 rings (SSSR count). The molecule has 0 spiro atoms. The number of hydrogen-bond acceptors (Lipinski definition) is 2. The Kier molecular flexibility index (Phi) is 2.99. The van der Waals surface area contributed by atoms with Crippen molar-refractivity contribution in [2.75, 3.05) is 7.11 Å². The van der Waals surface area contributed by atoms with Gasteiger partial charge in [-0.15, -0.1) is 0 Å². The van der Waals surface area contributed by atoms with Crippen LogP contribution >= 0.6 is 0 Å². The van der Waals surface area contributed by atoms with Gasteiger partial charge >= 0.3 is 5.97 Å². The molecule has 1 aromatic carbocycles. The molecule has 1 aliphatic rings. The molecule has 1 aliphatic carbocycles. The Morgan fingerprint density at radius 3 is 2.69 bits per heavy atom. The lowest BCUT2D eigenvalue weighted by molar-refractivity contribution is -0.153. The zero-order valence-electron chi connectivity index (χ0n) is 9.95. The van der Waals surface area contributed by atoms with Gasteiger partial charge in [-0.05, 0) is 36.8 Å². The summed E-state index contributed by atoms with van der Waals surface area (Å²) < 4.78 is 4.96. The number of benzene rings is 1. The second kappa shape index (κ2) is 4.28. The van der Waals surface area contributed by atoms with Crippen molar-refractivity contribution in [3.05, 3.63) is 35.4 Å². The molecule has 1 aromatic rings. The van der Waals surface area contributed by atoms with Gasteiger partial charge in [0, 0.05) is 0 Å². The van der Waals surface area contributed by atoms with E-state index in [1.54, 1.807) is 0 Å². The minimum atomic E-state index is -0.289. The van der Waals surface area contributed by atoms with Crippen LogP contribution in [-0.2, 0) is 22.4 Å². The number of methoxy groups -OCH3 is 1. The molecule has 0 heterocycles. The predicted octanol–water partition coefficient (Wildman–Crippen LogP) is 2.74. The van der Waals surface area contributed by atoms with E-state index < -0.39 is 0 Å². The fraction of sp³-hybridized carbons (Fsp3) is 0.500. The largest absolute Gasteiger partial charge is 0.469 e. The lowest BCUT2D eigenvalue weighted by atomic mass is 9.70. The predicted molar refractivity (Wildman–Crippen MR) is 63.2 cm³/mol. The molecule has 2 nitrogen and oxygen atoms in total. The SMILES string of the molecule is CCC1(C(=O)OC)CCc2ccccc2C1. The molecule has 1 atom stereocenters. The smallest absolute Gasteiger partial charge is 0.312 e. The maximum Gasteiger partial charge on any atom is 0.312 e. The van der Waals surface area contributed by atoms with Gasteiger partial charge in [-0.25, -0.2) is 0 Å². The summed E-state index contributed by atoms with van der Waals surface area (Å²) in [6.07, 6.45) is 3.58. The first-order valence-corrected chi connectivity index (χ1v) is 5.87. The first-order chi connectivity index (χ1) is 7.72. The van der Waals surface area contributed by atoms with E-state index in [0.717, 1.165) is 25.7 Å². The Balaban J connectivity index is 2.32. The number of rotatable bonds is 2. The van der Waals surface area contributed by atoms with Gasteiger partial charge in [-0.3, -0.25) is 4.79 Å². The third kappa shape index (κ3) is 1.73. The van der Waals surface area contributed by atoms with Crippen LogP contribution < -0.4 is 0 Å². The normalized spacial score (nSPS) is 23.6. The van der Waals surface area contributed by atoms with Crippen molar-refractivity contribution in [1.29, 1.82) is 0 Å². The average Bonchev–Trinajstić information content (AvgIpc) is 2.37. The molecule has 0 radical (unpaired) electrons. The number of esters is 1. The van der Waals surface area contributed by atoms with E-state index in [2.05, 4.69) is 25.1 Å². The molecular formula is C14H18O2. The van der Waals surface area contributed by atoms with Crippen LogP contribution in [0.2, 0.25) is 0 Å². The first kappa shape index (κ1) is 11.2. The molecule has 0 N–H and O–H groups in total. The van der Waals surface area contributed by atoms with Gasteiger partial charge in [0.25, 0.3) is 0 Å². The quantitative estimate of drug-likeness (QED) is 0.713. The van der Waals surface area contributed by atoms with Crippen LogP contribution in [0, 0.1) is 5.41 Å². The summed E-state index contributed by atoms with van der Waals surface area (Å²) in [5.41, 5.74) is 2.40. The number of ether oxygens (including phenoxy) is 1. The summed E-state index contributed by atoms with van der Waals surface area (Å²) in [7, 11) is 1.49. The Labute approximate surface area is 96.6 Å². The minimum absolute atomic E-state index is 0.0514. The Hall–Kier alpha value is -1.31. The van der Waals surface area contributed by atoms with Crippen molar-refractivity contribution in [3.8, 4) is 0 Å². The molecule has 0 aliphatic heterocycles. The zero-order chi connectivity index (χ0) is 11.6. The molecule has 0 saturated carbocycles. The zero-order valence-corrected chi connectivity index (χ0v) is 9.95. The number of carbonyl (C=O) groups excluding carboxylic acids is 1. The Bertz CT molecular complexity index is 397. The first-order valence-electron chi connectivity index (χ1n) is 5.87. The van der Waals surface area contributed by atoms with E-state index in [1.165, 1.54) is 18.2 Å². The number of carbonyl (C=O) groups is 1. The van der Waals surface area contributed by atoms with Gasteiger partial charge in [0.1, 0.15) is 0 Å². The summed E-state index contributed by atoms with van der Waals surface area (Å²) in [4.78, 5) is 11.9. The highest BCUT2D eigenvalue weighted by atomic mass is 16.5. The van der Waals surface area contributed by atoms with Crippen molar-refractivity contribution in [3.63, 3.8) is 0 Å². The van der Waals surface area contributed by atoms with Gasteiger partial charge in [-0.2, -0.15) is 0 Å². The second-order valence-electron chi connectivity index (χ2n) is 4.57. The van der Waals surface area contributed by atoms with E-state index in [1.807, 2.05) is 6.07 Å². The topological polar surface area (TPSA) is 26.3 Å². The van der Waals surface area contributed by atoms with E-state index in [4.69, 9.17) is 4.74 Å². The highest BCUT2D eigenvalue weighted by Gasteiger charge is 2.40. The van der Waals surface area contributed by atoms with Crippen LogP contribution in [-0.4, -0.2) is 13.1 Å². The molecule has 2 heteroatoms. The molecule has 0 fully saturated rings. The van der Waals surface area contributed by atoms with Gasteiger partial charge < -0.3 is 4.74 Å². The summed E-state index contributed by atoms with van der Waals surface area (Å²) >= 11 is 0. The van der Waals surface area contributed by atoms with Crippen molar-refractivity contribution in [2.24, 2.45) is 5.41 Å². The Morgan fingerprint density at radius 1 is 1.38 bits per heavy atom. The number of fused-ring (bicyclic) bond motifs is 1. The third-order valence-electron chi connectivity index (χ3n) is 3.82. The number of aryl methyl sites for hydroxylation is 1. The van der Waals surface area contributed by atoms with Crippen LogP contribution in [0.15, 0.2) is 24.3 Å². The third-order valence-corrected chi connectivity index (χ3v) is 3.82. The highest BCUT2D eigenvalue weighted by Crippen LogP contribution is 2.39. The fourth-order valence-electron chi connectivity index (χ4n) is 2.64. The van der Waals surface area contributed by atoms with Crippen LogP contribution in [0.1, 0.15) is 30.9 Å². The molecule has 0 saturated heterocycles. The van der Waals surface area contributed by atoms with Gasteiger partial charge in [0.2, 0.25) is 0 Å². The van der Waals surface area contributed by atoms with Crippen LogP contribution in [0.5, 0.6) is 0 Å². The monoisotopic (exact) mass is 218 g/mol. The van der Waals surface area contributed by atoms with E-state index >= 15 is 0 Å². The Morgan fingerprint density at radius 2 is 2.06 bits per heavy atom. The summed E-state index contributed by atoms with van der Waals surface area (Å²) in [5.74, 6) is -0.0514. The molecule has 0 aromatic heterocycles. The summed E-state index contributed by atoms with van der Waals surface area (Å²) in [6, 6.07) is 8.39. The molecule has 86 valence electrons. The van der Waals surface area contributed by atoms with Crippen LogP contribution in [0.3, 0.4) is 0 Å². The molecular weight excluding hydrogens is 200 g/mol. The molecule has 16 heavy (non-hydrogen) atoms. The summed E-state index contributed by atoms with van der Waals surface area (Å²) in [5, 5.41) is 0. The van der Waals surface area contributed by atoms with Gasteiger partial charge in [-0.1, -0.05) is 31.2 Å². The van der Waals surface area contributed by atoms with Crippen molar-refractivity contribution >= 4 is 5.97 Å². The van der Waals surface area contributed by atoms with Crippen molar-refractivity contribution in [1.82, 2.24) is 0 Å². The highest BCUT2D eigenvalue weighted by molar-refractivity contribution is 5.77. The van der Waals surface area contributed by atoms with Crippen molar-refractivity contribution < 1.29 is 9.53 Å². The lowest BCUT2D eigenvalue weighted by Gasteiger charge is -2.34. The van der Waals surface area contributed by atoms with Crippen LogP contribution in [0.4, 0.5) is 0 Å². The van der Waals surface area contributed by atoms with Crippen LogP contribution in [0.25, 0.3) is 0 Å². The molecule has 0 bridgehead atoms. The van der Waals surface area contributed by atoms with Crippen molar-refractivity contribution in [2.45, 2.75) is 32.6 Å². The lowest BCUT2D eigenvalue weighted by Crippen LogP contribution is -2.37. The minimum Gasteiger partial charge on any atom is -0.469 e. The van der Waals surface area contributed by atoms with E-state index in [9.17, 15) is 4.79 Å². The molecule has 1 unspecified atom stereocenters. The maximum atomic E-state index is 11.9. The van der Waals surface area contributed by atoms with E-state index in [0.29, 0.717) is 0 Å². The maximum absolute atomic E-state index is 11.9. The van der Waals surface area contributed by atoms with Gasteiger partial charge in [0.05, 0.1) is 12.5 Å². The van der Waals surface area contributed by atoms with E-state index in [-0.39, 0.29) is 11.4 Å². The fourth-order valence-corrected chi connectivity index (χ4v) is 2.64. The average molecular weight is 218 g/mol. The standard InChI is InChI=1S/C14H18O2/c1-3-14(13(15)16-2)9-8-11-6-4-5-7-12(11)10-14/h4-7H,3,8-10H2,1-2H3. The summed E-state index contributed by atoms with van der Waals surface area (Å²) in [6.45, 7) is 2.07. The second-order valence-corrected chi connectivity index (χ2v) is 4.57. The molecule has 0 amide bonds. The number of hydrogen-bond donors (Lipinski definition) is 0. The van der Waals surface area contributed by atoms with Gasteiger partial charge in [0.15, 0.2) is 0 Å².